The molecule has 1 saturated carbocycles. The molecule has 2 aliphatic heterocycles. The van der Waals surface area contributed by atoms with E-state index in [-0.39, 0.29) is 16.4 Å². The topological polar surface area (TPSA) is 108 Å². The van der Waals surface area contributed by atoms with Gasteiger partial charge in [-0.1, -0.05) is 29.8 Å². The van der Waals surface area contributed by atoms with Gasteiger partial charge in [0.15, 0.2) is 0 Å². The number of rotatable bonds is 9. The monoisotopic (exact) mass is 582 g/mol. The first-order valence-corrected chi connectivity index (χ1v) is 14.6. The lowest BCUT2D eigenvalue weighted by Gasteiger charge is -2.60. The largest absolute Gasteiger partial charge is 0.478 e. The van der Waals surface area contributed by atoms with E-state index in [2.05, 4.69) is 20.4 Å². The molecule has 0 unspecified atom stereocenters. The molecule has 2 saturated heterocycles. The molecule has 0 atom stereocenters. The number of imidazole rings is 1. The van der Waals surface area contributed by atoms with Crippen LogP contribution in [-0.2, 0) is 13.2 Å². The normalized spacial score (nSPS) is 17.9. The number of aromatic nitrogens is 3. The average molecular weight is 583 g/mol. The number of carboxylic acid groups (broad SMARTS) is 1. The number of nitrogens with zero attached hydrogens (tertiary/aromatic N) is 6. The van der Waals surface area contributed by atoms with Crippen LogP contribution in [0.1, 0.15) is 40.7 Å². The number of hydrogen-bond acceptors (Lipinski definition) is 7. The smallest absolute Gasteiger partial charge is 0.335 e. The number of aromatic carboxylic acids is 1. The first-order chi connectivity index (χ1) is 20.3. The van der Waals surface area contributed by atoms with Gasteiger partial charge >= 0.3 is 5.97 Å². The van der Waals surface area contributed by atoms with Crippen LogP contribution in [-0.4, -0.2) is 51.8 Å². The Morgan fingerprint density at radius 2 is 1.86 bits per heavy atom. The van der Waals surface area contributed by atoms with Gasteiger partial charge in [-0.05, 0) is 55.7 Å². The lowest BCUT2D eigenvalue weighted by Crippen LogP contribution is -2.73. The third-order valence-corrected chi connectivity index (χ3v) is 9.24. The van der Waals surface area contributed by atoms with Crippen molar-refractivity contribution in [2.24, 2.45) is 10.8 Å². The standard InChI is InChI=1S/C32H31ClN6O3/c1-21-5-6-23(24(33)13-21)15-42-28-4-2-3-27(36-28)37-16-32(17-37)18-38(19-32)30-35-25-8-7-22(29(40)41)14-26(25)39(30)20-31(9-10-31)11-12-34/h2-8,13-14H,9-11,15-20H2,1H3,(H,40,41). The predicted octanol–water partition coefficient (Wildman–Crippen LogP) is 5.69. The number of anilines is 2. The fourth-order valence-corrected chi connectivity index (χ4v) is 6.61. The number of pyridine rings is 1. The average Bonchev–Trinajstić information content (AvgIpc) is 3.59. The van der Waals surface area contributed by atoms with Crippen LogP contribution in [0.4, 0.5) is 11.8 Å². The van der Waals surface area contributed by atoms with E-state index in [1.807, 2.05) is 43.3 Å². The highest BCUT2D eigenvalue weighted by Crippen LogP contribution is 2.52. The number of ether oxygens (including phenoxy) is 1. The summed E-state index contributed by atoms with van der Waals surface area (Å²) in [5, 5.41) is 19.7. The van der Waals surface area contributed by atoms with E-state index in [1.54, 1.807) is 18.2 Å². The van der Waals surface area contributed by atoms with Crippen molar-refractivity contribution >= 4 is 40.4 Å². The summed E-state index contributed by atoms with van der Waals surface area (Å²) in [5.41, 5.74) is 4.00. The molecule has 2 aromatic carbocycles. The Bertz CT molecular complexity index is 1740. The van der Waals surface area contributed by atoms with Crippen LogP contribution in [0.25, 0.3) is 11.0 Å². The van der Waals surface area contributed by atoms with Crippen molar-refractivity contribution in [3.63, 3.8) is 0 Å². The lowest BCUT2D eigenvalue weighted by atomic mass is 9.73. The molecule has 0 radical (unpaired) electrons. The minimum Gasteiger partial charge on any atom is -0.478 e. The van der Waals surface area contributed by atoms with E-state index < -0.39 is 5.97 Å². The first-order valence-electron chi connectivity index (χ1n) is 14.2. The van der Waals surface area contributed by atoms with Gasteiger partial charge < -0.3 is 24.2 Å². The minimum atomic E-state index is -0.955. The molecular formula is C32H31ClN6O3. The zero-order valence-corrected chi connectivity index (χ0v) is 24.1. The Kier molecular flexibility index (Phi) is 6.28. The number of hydrogen-bond donors (Lipinski definition) is 1. The van der Waals surface area contributed by atoms with Crippen LogP contribution in [0.15, 0.2) is 54.6 Å². The summed E-state index contributed by atoms with van der Waals surface area (Å²) in [6.07, 6.45) is 2.51. The number of halogens is 1. The van der Waals surface area contributed by atoms with Crippen molar-refractivity contribution < 1.29 is 14.6 Å². The van der Waals surface area contributed by atoms with E-state index in [4.69, 9.17) is 26.3 Å². The highest BCUT2D eigenvalue weighted by atomic mass is 35.5. The van der Waals surface area contributed by atoms with E-state index in [0.717, 1.165) is 72.9 Å². The molecule has 0 bridgehead atoms. The molecule has 9 nitrogen and oxygen atoms in total. The highest BCUT2D eigenvalue weighted by Gasteiger charge is 2.53. The van der Waals surface area contributed by atoms with Crippen LogP contribution in [0.5, 0.6) is 5.88 Å². The second-order valence-electron chi connectivity index (χ2n) is 12.3. The second-order valence-corrected chi connectivity index (χ2v) is 12.7. The van der Waals surface area contributed by atoms with Crippen molar-refractivity contribution in [2.45, 2.75) is 39.3 Å². The summed E-state index contributed by atoms with van der Waals surface area (Å²) < 4.78 is 8.12. The van der Waals surface area contributed by atoms with Crippen molar-refractivity contribution in [2.75, 3.05) is 36.0 Å². The summed E-state index contributed by atoms with van der Waals surface area (Å²) >= 11 is 6.36. The van der Waals surface area contributed by atoms with Crippen molar-refractivity contribution in [3.05, 3.63) is 76.3 Å². The molecule has 4 heterocycles. The Morgan fingerprint density at radius 3 is 2.57 bits per heavy atom. The predicted molar refractivity (Wildman–Crippen MR) is 160 cm³/mol. The Morgan fingerprint density at radius 1 is 1.07 bits per heavy atom. The van der Waals surface area contributed by atoms with Crippen molar-refractivity contribution in [1.82, 2.24) is 14.5 Å². The van der Waals surface area contributed by atoms with E-state index in [0.29, 0.717) is 30.5 Å². The quantitative estimate of drug-likeness (QED) is 0.268. The van der Waals surface area contributed by atoms with Crippen LogP contribution < -0.4 is 14.5 Å². The first kappa shape index (κ1) is 26.6. The zero-order chi connectivity index (χ0) is 29.1. The summed E-state index contributed by atoms with van der Waals surface area (Å²) in [6.45, 7) is 6.57. The molecule has 214 valence electrons. The van der Waals surface area contributed by atoms with E-state index in [9.17, 15) is 15.2 Å². The molecule has 1 N–H and O–H groups in total. The molecule has 2 aromatic heterocycles. The Hall–Kier alpha value is -4.29. The maximum atomic E-state index is 11.7. The van der Waals surface area contributed by atoms with Gasteiger partial charge in [0, 0.05) is 66.6 Å². The van der Waals surface area contributed by atoms with Crippen LogP contribution in [0.2, 0.25) is 5.02 Å². The Balaban J connectivity index is 1.04. The number of carboxylic acids is 1. The molecular weight excluding hydrogens is 552 g/mol. The minimum absolute atomic E-state index is 0.0459. The van der Waals surface area contributed by atoms with Crippen molar-refractivity contribution in [1.29, 1.82) is 5.26 Å². The van der Waals surface area contributed by atoms with Crippen LogP contribution >= 0.6 is 11.6 Å². The molecule has 7 rings (SSSR count). The summed E-state index contributed by atoms with van der Waals surface area (Å²) in [6, 6.07) is 19.2. The number of nitriles is 1. The Labute approximate surface area is 248 Å². The van der Waals surface area contributed by atoms with Gasteiger partial charge in [-0.25, -0.2) is 9.78 Å². The van der Waals surface area contributed by atoms with Crippen molar-refractivity contribution in [3.8, 4) is 11.9 Å². The van der Waals surface area contributed by atoms with Gasteiger partial charge in [0.2, 0.25) is 11.8 Å². The summed E-state index contributed by atoms with van der Waals surface area (Å²) in [5.74, 6) is 1.38. The molecule has 0 amide bonds. The van der Waals surface area contributed by atoms with Gasteiger partial charge in [-0.15, -0.1) is 0 Å². The second kappa shape index (κ2) is 9.92. The summed E-state index contributed by atoms with van der Waals surface area (Å²) in [4.78, 5) is 25.9. The molecule has 10 heteroatoms. The van der Waals surface area contributed by atoms with E-state index >= 15 is 0 Å². The van der Waals surface area contributed by atoms with E-state index in [1.165, 1.54) is 0 Å². The number of aryl methyl sites for hydroxylation is 1. The maximum Gasteiger partial charge on any atom is 0.335 e. The van der Waals surface area contributed by atoms with Gasteiger partial charge in [0.25, 0.3) is 0 Å². The lowest BCUT2D eigenvalue weighted by molar-refractivity contribution is 0.0697. The fourth-order valence-electron chi connectivity index (χ4n) is 6.32. The maximum absolute atomic E-state index is 11.7. The molecule has 1 aliphatic carbocycles. The molecule has 42 heavy (non-hydrogen) atoms. The molecule has 3 fully saturated rings. The SMILES string of the molecule is Cc1ccc(COc2cccc(N3CC4(C3)CN(c3nc5ccc(C(=O)O)cc5n3CC3(CC#N)CC3)C4)n2)c(Cl)c1. The number of benzene rings is 2. The molecule has 3 aliphatic rings. The number of fused-ring (bicyclic) bond motifs is 1. The van der Waals surface area contributed by atoms with Gasteiger partial charge in [0.1, 0.15) is 12.4 Å². The molecule has 1 spiro atoms. The molecule has 4 aromatic rings. The number of carbonyl (C=O) groups is 1. The third-order valence-electron chi connectivity index (χ3n) is 8.88. The van der Waals surface area contributed by atoms with Gasteiger partial charge in [0.05, 0.1) is 22.7 Å². The third kappa shape index (κ3) is 4.80. The highest BCUT2D eigenvalue weighted by molar-refractivity contribution is 6.31. The van der Waals surface area contributed by atoms with Crippen LogP contribution in [0, 0.1) is 29.1 Å². The van der Waals surface area contributed by atoms with Gasteiger partial charge in [-0.3, -0.25) is 0 Å². The zero-order valence-electron chi connectivity index (χ0n) is 23.4. The summed E-state index contributed by atoms with van der Waals surface area (Å²) in [7, 11) is 0. The fraction of sp³-hybridized carbons (Fsp3) is 0.375. The van der Waals surface area contributed by atoms with Crippen LogP contribution in [0.3, 0.4) is 0 Å². The van der Waals surface area contributed by atoms with Gasteiger partial charge in [-0.2, -0.15) is 10.2 Å².